The summed E-state index contributed by atoms with van der Waals surface area (Å²) in [4.78, 5) is 6.83. The van der Waals surface area contributed by atoms with Gasteiger partial charge in [-0.15, -0.1) is 16.1 Å². The molecule has 0 unspecified atom stereocenters. The Bertz CT molecular complexity index is 824. The van der Waals surface area contributed by atoms with Crippen LogP contribution in [0.2, 0.25) is 0 Å². The molecular formula is C19H23N5O. The smallest absolute Gasteiger partial charge is 0.243 e. The van der Waals surface area contributed by atoms with Gasteiger partial charge < -0.3 is 15.3 Å². The summed E-state index contributed by atoms with van der Waals surface area (Å²) in [5.41, 5.74) is 2.69. The maximum absolute atomic E-state index is 10.3. The molecule has 0 amide bonds. The van der Waals surface area contributed by atoms with Gasteiger partial charge in [0.15, 0.2) is 0 Å². The number of phenols is 1. The van der Waals surface area contributed by atoms with Crippen molar-refractivity contribution in [3.05, 3.63) is 29.5 Å². The molecule has 6 nitrogen and oxygen atoms in total. The lowest BCUT2D eigenvalue weighted by atomic mass is 10.1. The lowest BCUT2D eigenvalue weighted by Gasteiger charge is -2.30. The van der Waals surface area contributed by atoms with Gasteiger partial charge in [-0.05, 0) is 58.5 Å². The molecule has 1 atom stereocenters. The molecule has 1 fully saturated rings. The SMILES string of the molecule is CC#Cc1ccc(-c2nnc(N[C@@H]3CCCN(C)C3)nc2C)c(O)c1. The summed E-state index contributed by atoms with van der Waals surface area (Å²) in [6.45, 7) is 5.75. The normalized spacial score (nSPS) is 17.6. The number of nitrogens with zero attached hydrogens (tertiary/aromatic N) is 4. The number of piperidine rings is 1. The van der Waals surface area contributed by atoms with Crippen LogP contribution in [0.25, 0.3) is 11.3 Å². The van der Waals surface area contributed by atoms with Crippen molar-refractivity contribution in [2.75, 3.05) is 25.5 Å². The summed E-state index contributed by atoms with van der Waals surface area (Å²) in [6.07, 6.45) is 2.27. The highest BCUT2D eigenvalue weighted by Gasteiger charge is 2.19. The first-order chi connectivity index (χ1) is 12.1. The zero-order chi connectivity index (χ0) is 17.8. The third kappa shape index (κ3) is 4.06. The number of rotatable bonds is 3. The van der Waals surface area contributed by atoms with Crippen molar-refractivity contribution >= 4 is 5.95 Å². The van der Waals surface area contributed by atoms with E-state index in [2.05, 4.69) is 44.3 Å². The van der Waals surface area contributed by atoms with Crippen LogP contribution in [0.3, 0.4) is 0 Å². The molecule has 0 bridgehead atoms. The van der Waals surface area contributed by atoms with Gasteiger partial charge in [-0.2, -0.15) is 0 Å². The standard InChI is InChI=1S/C19H23N5O/c1-4-6-14-8-9-16(17(25)11-14)18-13(2)20-19(23-22-18)21-15-7-5-10-24(3)12-15/h8-9,11,15,25H,5,7,10,12H2,1-3H3,(H,20,21,23)/t15-/m1/s1. The van der Waals surface area contributed by atoms with E-state index in [4.69, 9.17) is 0 Å². The molecule has 1 saturated heterocycles. The zero-order valence-corrected chi connectivity index (χ0v) is 14.9. The number of hydrogen-bond acceptors (Lipinski definition) is 6. The second-order valence-corrected chi connectivity index (χ2v) is 6.42. The minimum Gasteiger partial charge on any atom is -0.507 e. The summed E-state index contributed by atoms with van der Waals surface area (Å²) in [5, 5.41) is 22.1. The van der Waals surface area contributed by atoms with Crippen molar-refractivity contribution in [1.82, 2.24) is 20.1 Å². The Morgan fingerprint density at radius 1 is 1.32 bits per heavy atom. The third-order valence-corrected chi connectivity index (χ3v) is 4.34. The number of aromatic hydroxyl groups is 1. The van der Waals surface area contributed by atoms with Gasteiger partial charge in [0.05, 0.1) is 5.69 Å². The first-order valence-electron chi connectivity index (χ1n) is 8.49. The molecular weight excluding hydrogens is 314 g/mol. The number of likely N-dealkylation sites (tertiary alicyclic amines) is 1. The van der Waals surface area contributed by atoms with Crippen LogP contribution in [-0.4, -0.2) is 51.4 Å². The molecule has 1 aromatic heterocycles. The van der Waals surface area contributed by atoms with E-state index in [0.717, 1.165) is 30.8 Å². The number of aromatic nitrogens is 3. The molecule has 2 aromatic rings. The van der Waals surface area contributed by atoms with Crippen LogP contribution in [0.5, 0.6) is 5.75 Å². The molecule has 130 valence electrons. The summed E-state index contributed by atoms with van der Waals surface area (Å²) in [7, 11) is 2.12. The van der Waals surface area contributed by atoms with Crippen molar-refractivity contribution in [3.8, 4) is 28.8 Å². The summed E-state index contributed by atoms with van der Waals surface area (Å²) in [6, 6.07) is 5.64. The minimum absolute atomic E-state index is 0.133. The quantitative estimate of drug-likeness (QED) is 0.838. The van der Waals surface area contributed by atoms with Gasteiger partial charge in [0.1, 0.15) is 11.4 Å². The molecule has 0 aliphatic carbocycles. The van der Waals surface area contributed by atoms with Gasteiger partial charge in [0.25, 0.3) is 0 Å². The van der Waals surface area contributed by atoms with Crippen molar-refractivity contribution in [2.24, 2.45) is 0 Å². The van der Waals surface area contributed by atoms with Crippen LogP contribution < -0.4 is 5.32 Å². The first-order valence-corrected chi connectivity index (χ1v) is 8.49. The van der Waals surface area contributed by atoms with Crippen molar-refractivity contribution in [1.29, 1.82) is 0 Å². The molecule has 25 heavy (non-hydrogen) atoms. The summed E-state index contributed by atoms with van der Waals surface area (Å²) < 4.78 is 0. The molecule has 0 radical (unpaired) electrons. The van der Waals surface area contributed by atoms with E-state index in [1.54, 1.807) is 19.1 Å². The van der Waals surface area contributed by atoms with Gasteiger partial charge in [-0.3, -0.25) is 0 Å². The van der Waals surface area contributed by atoms with Crippen molar-refractivity contribution in [3.63, 3.8) is 0 Å². The molecule has 2 N–H and O–H groups in total. The van der Waals surface area contributed by atoms with Crippen molar-refractivity contribution in [2.45, 2.75) is 32.7 Å². The lowest BCUT2D eigenvalue weighted by Crippen LogP contribution is -2.40. The van der Waals surface area contributed by atoms with E-state index in [0.29, 0.717) is 23.2 Å². The van der Waals surface area contributed by atoms with Gasteiger partial charge in [-0.1, -0.05) is 5.92 Å². The van der Waals surface area contributed by atoms with Crippen LogP contribution in [0, 0.1) is 18.8 Å². The fourth-order valence-electron chi connectivity index (χ4n) is 3.13. The van der Waals surface area contributed by atoms with Crippen LogP contribution in [0.4, 0.5) is 5.95 Å². The topological polar surface area (TPSA) is 74.2 Å². The zero-order valence-electron chi connectivity index (χ0n) is 14.9. The number of likely N-dealkylation sites (N-methyl/N-ethyl adjacent to an activating group) is 1. The number of benzene rings is 1. The summed E-state index contributed by atoms with van der Waals surface area (Å²) in [5.74, 6) is 6.41. The Balaban J connectivity index is 1.81. The largest absolute Gasteiger partial charge is 0.507 e. The van der Waals surface area contributed by atoms with Gasteiger partial charge in [0, 0.05) is 23.7 Å². The molecule has 0 saturated carbocycles. The third-order valence-electron chi connectivity index (χ3n) is 4.34. The molecule has 1 aromatic carbocycles. The number of nitrogens with one attached hydrogen (secondary N) is 1. The highest BCUT2D eigenvalue weighted by Crippen LogP contribution is 2.30. The van der Waals surface area contributed by atoms with Gasteiger partial charge >= 0.3 is 0 Å². The monoisotopic (exact) mass is 337 g/mol. The number of anilines is 1. The van der Waals surface area contributed by atoms with E-state index in [-0.39, 0.29) is 5.75 Å². The molecule has 0 spiro atoms. The Labute approximate surface area is 148 Å². The fourth-order valence-corrected chi connectivity index (χ4v) is 3.13. The van der Waals surface area contributed by atoms with Gasteiger partial charge in [0.2, 0.25) is 5.95 Å². The van der Waals surface area contributed by atoms with E-state index < -0.39 is 0 Å². The molecule has 2 heterocycles. The van der Waals surface area contributed by atoms with Crippen LogP contribution in [0.15, 0.2) is 18.2 Å². The second-order valence-electron chi connectivity index (χ2n) is 6.42. The molecule has 6 heteroatoms. The average Bonchev–Trinajstić information content (AvgIpc) is 2.56. The highest BCUT2D eigenvalue weighted by molar-refractivity contribution is 5.69. The average molecular weight is 337 g/mol. The van der Waals surface area contributed by atoms with Crippen LogP contribution in [-0.2, 0) is 0 Å². The number of hydrogen-bond donors (Lipinski definition) is 2. The van der Waals surface area contributed by atoms with E-state index in [9.17, 15) is 5.11 Å². The Kier molecular flexibility index (Phi) is 5.15. The molecule has 3 rings (SSSR count). The minimum atomic E-state index is 0.133. The van der Waals surface area contributed by atoms with Crippen LogP contribution >= 0.6 is 0 Å². The van der Waals surface area contributed by atoms with Gasteiger partial charge in [-0.25, -0.2) is 4.98 Å². The second kappa shape index (κ2) is 7.49. The lowest BCUT2D eigenvalue weighted by molar-refractivity contribution is 0.260. The molecule has 1 aliphatic rings. The fraction of sp³-hybridized carbons (Fsp3) is 0.421. The van der Waals surface area contributed by atoms with Crippen molar-refractivity contribution < 1.29 is 5.11 Å². The Hall–Kier alpha value is -2.65. The first kappa shape index (κ1) is 17.2. The predicted molar refractivity (Wildman–Crippen MR) is 98.4 cm³/mol. The van der Waals surface area contributed by atoms with E-state index >= 15 is 0 Å². The number of phenolic OH excluding ortho intramolecular Hbond substituents is 1. The molecule has 1 aliphatic heterocycles. The Morgan fingerprint density at radius 3 is 2.84 bits per heavy atom. The summed E-state index contributed by atoms with van der Waals surface area (Å²) >= 11 is 0. The maximum atomic E-state index is 10.3. The number of aryl methyl sites for hydroxylation is 1. The van der Waals surface area contributed by atoms with Crippen LogP contribution in [0.1, 0.15) is 31.0 Å². The van der Waals surface area contributed by atoms with E-state index in [1.807, 2.05) is 13.0 Å². The van der Waals surface area contributed by atoms with E-state index in [1.165, 1.54) is 6.42 Å². The maximum Gasteiger partial charge on any atom is 0.243 e. The Morgan fingerprint density at radius 2 is 2.16 bits per heavy atom. The highest BCUT2D eigenvalue weighted by atomic mass is 16.3. The predicted octanol–water partition coefficient (Wildman–Crippen LogP) is 2.43.